The molecule has 2 heterocycles. The van der Waals surface area contributed by atoms with Crippen molar-refractivity contribution in [2.75, 3.05) is 19.5 Å². The average molecular weight is 455 g/mol. The highest BCUT2D eigenvalue weighted by Crippen LogP contribution is 2.33. The zero-order valence-corrected chi connectivity index (χ0v) is 18.6. The third-order valence-electron chi connectivity index (χ3n) is 4.80. The van der Waals surface area contributed by atoms with E-state index in [0.29, 0.717) is 26.9 Å². The van der Waals surface area contributed by atoms with E-state index in [1.807, 2.05) is 25.1 Å². The molecule has 0 saturated heterocycles. The molecule has 0 spiro atoms. The first-order valence-corrected chi connectivity index (χ1v) is 10.6. The number of aromatic nitrogens is 2. The number of carbonyl (C=O) groups excluding carboxylic acids is 2. The van der Waals surface area contributed by atoms with Gasteiger partial charge in [-0.25, -0.2) is 4.68 Å². The lowest BCUT2D eigenvalue weighted by Crippen LogP contribution is -2.21. The predicted molar refractivity (Wildman–Crippen MR) is 123 cm³/mol. The van der Waals surface area contributed by atoms with Crippen molar-refractivity contribution in [3.05, 3.63) is 69.7 Å². The zero-order chi connectivity index (χ0) is 22.1. The first-order valence-electron chi connectivity index (χ1n) is 9.38. The predicted octanol–water partition coefficient (Wildman–Crippen LogP) is 4.67. The van der Waals surface area contributed by atoms with Crippen molar-refractivity contribution in [3.8, 4) is 11.4 Å². The second kappa shape index (κ2) is 8.41. The summed E-state index contributed by atoms with van der Waals surface area (Å²) in [5.41, 5.74) is 2.25. The summed E-state index contributed by atoms with van der Waals surface area (Å²) in [7, 11) is 3.05. The van der Waals surface area contributed by atoms with Gasteiger partial charge < -0.3 is 15.4 Å². The lowest BCUT2D eigenvalue weighted by atomic mass is 10.1. The van der Waals surface area contributed by atoms with Crippen LogP contribution >= 0.6 is 22.9 Å². The lowest BCUT2D eigenvalue weighted by molar-refractivity contribution is 0.0963. The molecule has 2 N–H and O–H groups in total. The van der Waals surface area contributed by atoms with E-state index in [9.17, 15) is 9.59 Å². The molecule has 2 amide bonds. The van der Waals surface area contributed by atoms with Gasteiger partial charge in [0.05, 0.1) is 39.6 Å². The molecule has 0 radical (unpaired) electrons. The molecular formula is C22H19ClN4O3S. The maximum atomic E-state index is 13.0. The van der Waals surface area contributed by atoms with Crippen LogP contribution in [0, 0.1) is 6.92 Å². The van der Waals surface area contributed by atoms with Gasteiger partial charge in [0.25, 0.3) is 11.8 Å². The van der Waals surface area contributed by atoms with Gasteiger partial charge in [-0.15, -0.1) is 11.3 Å². The molecule has 0 aliphatic heterocycles. The van der Waals surface area contributed by atoms with Gasteiger partial charge in [0.1, 0.15) is 10.6 Å². The monoisotopic (exact) mass is 454 g/mol. The number of amides is 2. The van der Waals surface area contributed by atoms with Crippen molar-refractivity contribution >= 4 is 50.7 Å². The Morgan fingerprint density at radius 1 is 1.13 bits per heavy atom. The molecular weight excluding hydrogens is 436 g/mol. The SMILES string of the molecule is CNC(=O)c1cc(OC)ccc1NC(=O)c1cc2c(C)nn(-c3ccccc3Cl)c2s1. The van der Waals surface area contributed by atoms with Crippen molar-refractivity contribution in [1.82, 2.24) is 15.1 Å². The van der Waals surface area contributed by atoms with Gasteiger partial charge in [-0.3, -0.25) is 9.59 Å². The Morgan fingerprint density at radius 3 is 2.61 bits per heavy atom. The average Bonchev–Trinajstić information content (AvgIpc) is 3.34. The number of fused-ring (bicyclic) bond motifs is 1. The highest BCUT2D eigenvalue weighted by molar-refractivity contribution is 7.20. The summed E-state index contributed by atoms with van der Waals surface area (Å²) < 4.78 is 6.94. The molecule has 0 aliphatic carbocycles. The van der Waals surface area contributed by atoms with E-state index in [0.717, 1.165) is 21.6 Å². The van der Waals surface area contributed by atoms with Crippen LogP contribution in [0.5, 0.6) is 5.75 Å². The fourth-order valence-electron chi connectivity index (χ4n) is 3.21. The summed E-state index contributed by atoms with van der Waals surface area (Å²) in [6.45, 7) is 1.89. The van der Waals surface area contributed by atoms with Gasteiger partial charge in [0.15, 0.2) is 0 Å². The van der Waals surface area contributed by atoms with Gasteiger partial charge in [0.2, 0.25) is 0 Å². The van der Waals surface area contributed by atoms with Crippen molar-refractivity contribution in [2.24, 2.45) is 0 Å². The zero-order valence-electron chi connectivity index (χ0n) is 17.0. The number of halogens is 1. The van der Waals surface area contributed by atoms with Gasteiger partial charge >= 0.3 is 0 Å². The quantitative estimate of drug-likeness (QED) is 0.459. The number of aryl methyl sites for hydroxylation is 1. The molecule has 2 aromatic heterocycles. The van der Waals surface area contributed by atoms with Crippen LogP contribution in [-0.4, -0.2) is 35.8 Å². The number of nitrogens with zero attached hydrogens (tertiary/aromatic N) is 2. The standard InChI is InChI=1S/C22H19ClN4O3S/c1-12-14-11-19(31-22(14)27(26-12)18-7-5-4-6-16(18)23)21(29)25-17-9-8-13(30-3)10-15(17)20(28)24-2/h4-11H,1-3H3,(H,24,28)(H,25,29). The Hall–Kier alpha value is -3.36. The molecule has 0 unspecified atom stereocenters. The molecule has 0 atom stereocenters. The fourth-order valence-corrected chi connectivity index (χ4v) is 4.50. The molecule has 31 heavy (non-hydrogen) atoms. The molecule has 4 rings (SSSR count). The molecule has 0 bridgehead atoms. The van der Waals surface area contributed by atoms with Crippen LogP contribution in [0.4, 0.5) is 5.69 Å². The van der Waals surface area contributed by atoms with E-state index in [1.54, 1.807) is 35.0 Å². The highest BCUT2D eigenvalue weighted by Gasteiger charge is 2.20. The summed E-state index contributed by atoms with van der Waals surface area (Å²) in [5, 5.41) is 11.4. The number of methoxy groups -OCH3 is 1. The fraction of sp³-hybridized carbons (Fsp3) is 0.136. The summed E-state index contributed by atoms with van der Waals surface area (Å²) in [6, 6.07) is 14.1. The van der Waals surface area contributed by atoms with E-state index >= 15 is 0 Å². The largest absolute Gasteiger partial charge is 0.497 e. The number of hydrogen-bond acceptors (Lipinski definition) is 5. The van der Waals surface area contributed by atoms with Crippen LogP contribution in [0.3, 0.4) is 0 Å². The Kier molecular flexibility index (Phi) is 5.67. The third kappa shape index (κ3) is 3.87. The molecule has 2 aromatic carbocycles. The van der Waals surface area contributed by atoms with Crippen molar-refractivity contribution in [3.63, 3.8) is 0 Å². The van der Waals surface area contributed by atoms with E-state index < -0.39 is 0 Å². The van der Waals surface area contributed by atoms with Crippen LogP contribution in [0.2, 0.25) is 5.02 Å². The minimum Gasteiger partial charge on any atom is -0.497 e. The summed E-state index contributed by atoms with van der Waals surface area (Å²) in [5.74, 6) is -0.119. The topological polar surface area (TPSA) is 85.2 Å². The molecule has 158 valence electrons. The second-order valence-electron chi connectivity index (χ2n) is 6.72. The summed E-state index contributed by atoms with van der Waals surface area (Å²) in [4.78, 5) is 26.6. The van der Waals surface area contributed by atoms with E-state index in [4.69, 9.17) is 16.3 Å². The smallest absolute Gasteiger partial charge is 0.265 e. The number of anilines is 1. The molecule has 0 aliphatic rings. The van der Waals surface area contributed by atoms with Crippen molar-refractivity contribution < 1.29 is 14.3 Å². The molecule has 0 fully saturated rings. The maximum absolute atomic E-state index is 13.0. The molecule has 7 nitrogen and oxygen atoms in total. The molecule has 0 saturated carbocycles. The summed E-state index contributed by atoms with van der Waals surface area (Å²) >= 11 is 7.65. The normalized spacial score (nSPS) is 10.8. The number of nitrogens with one attached hydrogen (secondary N) is 2. The Labute approximate surface area is 187 Å². The maximum Gasteiger partial charge on any atom is 0.265 e. The number of para-hydroxylation sites is 1. The highest BCUT2D eigenvalue weighted by atomic mass is 35.5. The van der Waals surface area contributed by atoms with E-state index in [1.165, 1.54) is 25.5 Å². The molecule has 4 aromatic rings. The Morgan fingerprint density at radius 2 is 1.90 bits per heavy atom. The number of hydrogen-bond donors (Lipinski definition) is 2. The Balaban J connectivity index is 1.71. The summed E-state index contributed by atoms with van der Waals surface area (Å²) in [6.07, 6.45) is 0. The third-order valence-corrected chi connectivity index (χ3v) is 6.22. The van der Waals surface area contributed by atoms with Crippen LogP contribution in [0.1, 0.15) is 25.7 Å². The minimum absolute atomic E-state index is 0.315. The van der Waals surface area contributed by atoms with Gasteiger partial charge in [0, 0.05) is 12.4 Å². The lowest BCUT2D eigenvalue weighted by Gasteiger charge is -2.11. The van der Waals surface area contributed by atoms with E-state index in [2.05, 4.69) is 15.7 Å². The van der Waals surface area contributed by atoms with Gasteiger partial charge in [-0.2, -0.15) is 5.10 Å². The van der Waals surface area contributed by atoms with Crippen LogP contribution in [-0.2, 0) is 0 Å². The minimum atomic E-state index is -0.323. The van der Waals surface area contributed by atoms with Crippen LogP contribution < -0.4 is 15.4 Å². The second-order valence-corrected chi connectivity index (χ2v) is 8.16. The molecule has 9 heteroatoms. The number of carbonyl (C=O) groups is 2. The number of rotatable bonds is 5. The van der Waals surface area contributed by atoms with E-state index in [-0.39, 0.29) is 11.8 Å². The van der Waals surface area contributed by atoms with Gasteiger partial charge in [-0.05, 0) is 43.3 Å². The first-order chi connectivity index (χ1) is 14.9. The van der Waals surface area contributed by atoms with Crippen LogP contribution in [0.15, 0.2) is 48.5 Å². The van der Waals surface area contributed by atoms with Crippen molar-refractivity contribution in [1.29, 1.82) is 0 Å². The van der Waals surface area contributed by atoms with Crippen LogP contribution in [0.25, 0.3) is 15.9 Å². The number of ether oxygens (including phenoxy) is 1. The number of benzene rings is 2. The first kappa shape index (κ1) is 20.9. The van der Waals surface area contributed by atoms with Crippen molar-refractivity contribution in [2.45, 2.75) is 6.92 Å². The van der Waals surface area contributed by atoms with Gasteiger partial charge in [-0.1, -0.05) is 23.7 Å². The number of thiophene rings is 1. The Bertz CT molecular complexity index is 1310.